The molecule has 0 aliphatic carbocycles. The first-order valence-corrected chi connectivity index (χ1v) is 5.79. The van der Waals surface area contributed by atoms with Gasteiger partial charge >= 0.3 is 5.97 Å². The predicted molar refractivity (Wildman–Crippen MR) is 60.8 cm³/mol. The average Bonchev–Trinajstić information content (AvgIpc) is 2.07. The topological polar surface area (TPSA) is 40.5 Å². The van der Waals surface area contributed by atoms with Crippen LogP contribution in [0.4, 0.5) is 0 Å². The molecule has 0 bridgehead atoms. The summed E-state index contributed by atoms with van der Waals surface area (Å²) in [6.07, 6.45) is 1.33. The summed E-state index contributed by atoms with van der Waals surface area (Å²) in [7, 11) is 0. The minimum Gasteiger partial charge on any atom is -0.481 e. The van der Waals surface area contributed by atoms with Crippen LogP contribution in [0.25, 0.3) is 0 Å². The third kappa shape index (κ3) is 3.20. The predicted octanol–water partition coefficient (Wildman–Crippen LogP) is 2.22. The molecular formula is C12H23NO2. The van der Waals surface area contributed by atoms with Crippen molar-refractivity contribution in [2.75, 3.05) is 13.1 Å². The number of carboxylic acid groups (broad SMARTS) is 1. The van der Waals surface area contributed by atoms with Gasteiger partial charge in [-0.2, -0.15) is 0 Å². The van der Waals surface area contributed by atoms with Crippen molar-refractivity contribution in [2.24, 2.45) is 11.3 Å². The quantitative estimate of drug-likeness (QED) is 0.781. The van der Waals surface area contributed by atoms with E-state index in [1.165, 1.54) is 0 Å². The zero-order valence-electron chi connectivity index (χ0n) is 10.3. The van der Waals surface area contributed by atoms with Crippen LogP contribution < -0.4 is 0 Å². The van der Waals surface area contributed by atoms with Crippen LogP contribution in [0.2, 0.25) is 0 Å². The van der Waals surface area contributed by atoms with Crippen LogP contribution in [0.3, 0.4) is 0 Å². The number of piperidine rings is 1. The summed E-state index contributed by atoms with van der Waals surface area (Å²) >= 11 is 0. The molecule has 0 aromatic rings. The maximum absolute atomic E-state index is 10.8. The van der Waals surface area contributed by atoms with E-state index in [9.17, 15) is 4.79 Å². The molecule has 1 saturated heterocycles. The van der Waals surface area contributed by atoms with E-state index < -0.39 is 5.97 Å². The van der Waals surface area contributed by atoms with Gasteiger partial charge in [0, 0.05) is 19.0 Å². The number of hydrogen-bond donors (Lipinski definition) is 1. The van der Waals surface area contributed by atoms with E-state index >= 15 is 0 Å². The lowest BCUT2D eigenvalue weighted by Gasteiger charge is -2.45. The smallest absolute Gasteiger partial charge is 0.303 e. The Morgan fingerprint density at radius 1 is 1.53 bits per heavy atom. The number of aliphatic carboxylic acids is 1. The van der Waals surface area contributed by atoms with Gasteiger partial charge in [0.2, 0.25) is 0 Å². The van der Waals surface area contributed by atoms with Crippen LogP contribution in [-0.2, 0) is 4.79 Å². The van der Waals surface area contributed by atoms with Crippen molar-refractivity contribution < 1.29 is 9.90 Å². The van der Waals surface area contributed by atoms with Crippen molar-refractivity contribution in [2.45, 2.75) is 46.6 Å². The summed E-state index contributed by atoms with van der Waals surface area (Å²) in [6.45, 7) is 10.8. The Kier molecular flexibility index (Phi) is 3.77. The molecule has 1 rings (SSSR count). The first-order chi connectivity index (χ1) is 6.83. The fraction of sp³-hybridized carbons (Fsp3) is 0.917. The number of carbonyl (C=O) groups is 1. The van der Waals surface area contributed by atoms with E-state index in [1.54, 1.807) is 0 Å². The maximum atomic E-state index is 10.8. The molecule has 1 aliphatic rings. The van der Waals surface area contributed by atoms with Gasteiger partial charge in [0.15, 0.2) is 0 Å². The van der Waals surface area contributed by atoms with Gasteiger partial charge in [-0.1, -0.05) is 13.8 Å². The molecule has 1 heterocycles. The second-order valence-corrected chi connectivity index (χ2v) is 5.64. The molecule has 1 N–H and O–H groups in total. The number of likely N-dealkylation sites (tertiary alicyclic amines) is 1. The molecule has 3 heteroatoms. The second kappa shape index (κ2) is 4.52. The zero-order chi connectivity index (χ0) is 11.6. The zero-order valence-corrected chi connectivity index (χ0v) is 10.3. The van der Waals surface area contributed by atoms with Gasteiger partial charge < -0.3 is 10.0 Å². The van der Waals surface area contributed by atoms with Crippen LogP contribution in [0.5, 0.6) is 0 Å². The molecule has 3 nitrogen and oxygen atoms in total. The van der Waals surface area contributed by atoms with Crippen molar-refractivity contribution in [1.29, 1.82) is 0 Å². The molecule has 1 unspecified atom stereocenters. The Morgan fingerprint density at radius 2 is 2.13 bits per heavy atom. The summed E-state index contributed by atoms with van der Waals surface area (Å²) in [6, 6.07) is 0.565. The molecular weight excluding hydrogens is 190 g/mol. The normalized spacial score (nSPS) is 26.9. The van der Waals surface area contributed by atoms with Crippen LogP contribution in [0, 0.1) is 11.3 Å². The van der Waals surface area contributed by atoms with E-state index in [2.05, 4.69) is 32.6 Å². The monoisotopic (exact) mass is 213 g/mol. The molecule has 88 valence electrons. The van der Waals surface area contributed by atoms with Crippen molar-refractivity contribution in [3.63, 3.8) is 0 Å². The Balaban J connectivity index is 2.62. The molecule has 0 aromatic carbocycles. The highest BCUT2D eigenvalue weighted by atomic mass is 16.4. The third-order valence-electron chi connectivity index (χ3n) is 3.63. The summed E-state index contributed by atoms with van der Waals surface area (Å²) < 4.78 is 0. The van der Waals surface area contributed by atoms with Gasteiger partial charge in [-0.25, -0.2) is 0 Å². The summed E-state index contributed by atoms with van der Waals surface area (Å²) in [4.78, 5) is 13.2. The standard InChI is InChI=1S/C12H23NO2/c1-9(2)13-6-5-10(7-11(14)15)12(3,4)8-13/h9-10H,5-8H2,1-4H3,(H,14,15). The molecule has 1 fully saturated rings. The van der Waals surface area contributed by atoms with Crippen molar-refractivity contribution in [1.82, 2.24) is 4.90 Å². The first-order valence-electron chi connectivity index (χ1n) is 5.79. The van der Waals surface area contributed by atoms with Crippen LogP contribution in [0.15, 0.2) is 0 Å². The summed E-state index contributed by atoms with van der Waals surface area (Å²) in [5.74, 6) is -0.337. The molecule has 15 heavy (non-hydrogen) atoms. The number of rotatable bonds is 3. The van der Waals surface area contributed by atoms with Crippen LogP contribution in [0.1, 0.15) is 40.5 Å². The highest BCUT2D eigenvalue weighted by Crippen LogP contribution is 2.37. The Hall–Kier alpha value is -0.570. The lowest BCUT2D eigenvalue weighted by molar-refractivity contribution is -0.140. The molecule has 0 radical (unpaired) electrons. The summed E-state index contributed by atoms with van der Waals surface area (Å²) in [5.41, 5.74) is 0.126. The first kappa shape index (κ1) is 12.5. The summed E-state index contributed by atoms with van der Waals surface area (Å²) in [5, 5.41) is 8.86. The number of hydrogen-bond acceptors (Lipinski definition) is 2. The van der Waals surface area contributed by atoms with E-state index in [-0.39, 0.29) is 5.41 Å². The molecule has 0 saturated carbocycles. The van der Waals surface area contributed by atoms with Crippen LogP contribution >= 0.6 is 0 Å². The van der Waals surface area contributed by atoms with Gasteiger partial charge in [-0.15, -0.1) is 0 Å². The molecule has 0 spiro atoms. The average molecular weight is 213 g/mol. The number of carboxylic acids is 1. The van der Waals surface area contributed by atoms with Crippen molar-refractivity contribution in [3.05, 3.63) is 0 Å². The molecule has 0 aromatic heterocycles. The Labute approximate surface area is 92.5 Å². The maximum Gasteiger partial charge on any atom is 0.303 e. The highest BCUT2D eigenvalue weighted by Gasteiger charge is 2.37. The fourth-order valence-corrected chi connectivity index (χ4v) is 2.47. The second-order valence-electron chi connectivity index (χ2n) is 5.64. The van der Waals surface area contributed by atoms with Crippen molar-refractivity contribution in [3.8, 4) is 0 Å². The van der Waals surface area contributed by atoms with Gasteiger partial charge in [-0.05, 0) is 38.1 Å². The Bertz CT molecular complexity index is 236. The largest absolute Gasteiger partial charge is 0.481 e. The minimum absolute atomic E-state index is 0.126. The fourth-order valence-electron chi connectivity index (χ4n) is 2.47. The van der Waals surface area contributed by atoms with Crippen LogP contribution in [-0.4, -0.2) is 35.1 Å². The lowest BCUT2D eigenvalue weighted by Crippen LogP contribution is -2.48. The number of nitrogens with zero attached hydrogens (tertiary/aromatic N) is 1. The van der Waals surface area contributed by atoms with Gasteiger partial charge in [0.1, 0.15) is 0 Å². The molecule has 0 amide bonds. The van der Waals surface area contributed by atoms with Crippen molar-refractivity contribution >= 4 is 5.97 Å². The van der Waals surface area contributed by atoms with Gasteiger partial charge in [0.05, 0.1) is 0 Å². The van der Waals surface area contributed by atoms with Gasteiger partial charge in [-0.3, -0.25) is 4.79 Å². The third-order valence-corrected chi connectivity index (χ3v) is 3.63. The Morgan fingerprint density at radius 3 is 2.53 bits per heavy atom. The van der Waals surface area contributed by atoms with Gasteiger partial charge in [0.25, 0.3) is 0 Å². The molecule has 1 atom stereocenters. The SMILES string of the molecule is CC(C)N1CCC(CC(=O)O)C(C)(C)C1. The van der Waals surface area contributed by atoms with E-state index in [4.69, 9.17) is 5.11 Å². The van der Waals surface area contributed by atoms with E-state index in [1.807, 2.05) is 0 Å². The molecule has 1 aliphatic heterocycles. The minimum atomic E-state index is -0.661. The lowest BCUT2D eigenvalue weighted by atomic mass is 9.72. The highest BCUT2D eigenvalue weighted by molar-refractivity contribution is 5.67. The van der Waals surface area contributed by atoms with E-state index in [0.717, 1.165) is 19.5 Å². The van der Waals surface area contributed by atoms with E-state index in [0.29, 0.717) is 18.4 Å².